The van der Waals surface area contributed by atoms with E-state index in [0.717, 1.165) is 12.1 Å². The summed E-state index contributed by atoms with van der Waals surface area (Å²) in [7, 11) is 0. The van der Waals surface area contributed by atoms with Crippen molar-refractivity contribution in [2.75, 3.05) is 10.6 Å². The SMILES string of the molecule is Cc1cc(Nc2cc(OC(C)C)nc(NC3C4CC5CC3C(OC(=O)C(F)(F)F)C(O)(C5)C4)n2)n[nH]1. The lowest BCUT2D eigenvalue weighted by Crippen LogP contribution is -2.68. The molecule has 2 aromatic rings. The van der Waals surface area contributed by atoms with E-state index in [2.05, 4.69) is 30.8 Å². The minimum Gasteiger partial charge on any atom is -0.475 e. The predicted octanol–water partition coefficient (Wildman–Crippen LogP) is 3.47. The first kappa shape index (κ1) is 24.6. The van der Waals surface area contributed by atoms with Gasteiger partial charge in [-0.05, 0) is 58.3 Å². The Morgan fingerprint density at radius 2 is 2.00 bits per heavy atom. The highest BCUT2D eigenvalue weighted by Crippen LogP contribution is 2.57. The number of nitrogens with zero attached hydrogens (tertiary/aromatic N) is 3. The fourth-order valence-corrected chi connectivity index (χ4v) is 6.13. The Morgan fingerprint density at radius 1 is 1.22 bits per heavy atom. The number of hydrogen-bond donors (Lipinski definition) is 4. The van der Waals surface area contributed by atoms with E-state index in [1.807, 2.05) is 20.8 Å². The first-order valence-electron chi connectivity index (χ1n) is 12.0. The van der Waals surface area contributed by atoms with Crippen molar-refractivity contribution in [2.24, 2.45) is 17.8 Å². The lowest BCUT2D eigenvalue weighted by molar-refractivity contribution is -0.249. The first-order valence-corrected chi connectivity index (χ1v) is 12.0. The minimum atomic E-state index is -5.13. The molecule has 36 heavy (non-hydrogen) atoms. The van der Waals surface area contributed by atoms with Crippen molar-refractivity contribution in [1.82, 2.24) is 20.2 Å². The predicted molar refractivity (Wildman–Crippen MR) is 122 cm³/mol. The molecule has 4 N–H and O–H groups in total. The Morgan fingerprint density at radius 3 is 2.67 bits per heavy atom. The number of ether oxygens (including phenoxy) is 2. The zero-order chi connectivity index (χ0) is 25.8. The average molecular weight is 511 g/mol. The monoisotopic (exact) mass is 510 g/mol. The number of anilines is 3. The van der Waals surface area contributed by atoms with Crippen LogP contribution in [-0.2, 0) is 9.53 Å². The number of carbonyl (C=O) groups excluding carboxylic acids is 1. The van der Waals surface area contributed by atoms with Crippen LogP contribution in [0.15, 0.2) is 12.1 Å². The molecular formula is C23H29F3N6O4. The van der Waals surface area contributed by atoms with E-state index in [1.165, 1.54) is 0 Å². The van der Waals surface area contributed by atoms with Crippen LogP contribution in [0.3, 0.4) is 0 Å². The molecule has 4 saturated carbocycles. The zero-order valence-electron chi connectivity index (χ0n) is 20.1. The van der Waals surface area contributed by atoms with E-state index in [1.54, 1.807) is 12.1 Å². The Balaban J connectivity index is 1.42. The van der Waals surface area contributed by atoms with Crippen molar-refractivity contribution >= 4 is 23.6 Å². The van der Waals surface area contributed by atoms with E-state index in [0.29, 0.717) is 30.4 Å². The second-order valence-electron chi connectivity index (χ2n) is 10.4. The molecule has 13 heteroatoms. The van der Waals surface area contributed by atoms with Crippen LogP contribution >= 0.6 is 0 Å². The number of H-pyrrole nitrogens is 1. The van der Waals surface area contributed by atoms with E-state index in [4.69, 9.17) is 9.47 Å². The van der Waals surface area contributed by atoms with Gasteiger partial charge in [0.25, 0.3) is 0 Å². The maximum absolute atomic E-state index is 13.0. The molecular weight excluding hydrogens is 481 g/mol. The van der Waals surface area contributed by atoms with Gasteiger partial charge in [-0.15, -0.1) is 0 Å². The Bertz CT molecular complexity index is 1140. The van der Waals surface area contributed by atoms with Gasteiger partial charge in [-0.1, -0.05) is 0 Å². The van der Waals surface area contributed by atoms with Crippen LogP contribution < -0.4 is 15.4 Å². The number of aromatic amines is 1. The summed E-state index contributed by atoms with van der Waals surface area (Å²) in [5.74, 6) is -1.19. The molecule has 0 radical (unpaired) electrons. The topological polar surface area (TPSA) is 134 Å². The third-order valence-corrected chi connectivity index (χ3v) is 7.17. The van der Waals surface area contributed by atoms with Gasteiger partial charge >= 0.3 is 12.1 Å². The van der Waals surface area contributed by atoms with Crippen LogP contribution in [0, 0.1) is 24.7 Å². The number of aromatic nitrogens is 4. The Hall–Kier alpha value is -3.09. The van der Waals surface area contributed by atoms with Gasteiger partial charge in [0.2, 0.25) is 11.8 Å². The average Bonchev–Trinajstić information content (AvgIpc) is 3.15. The molecule has 4 aliphatic rings. The summed E-state index contributed by atoms with van der Waals surface area (Å²) in [6.45, 7) is 5.58. The maximum atomic E-state index is 13.0. The number of halogens is 3. The standard InChI is InChI=1S/C23H29F3N6O4/c1-10(2)35-17-7-15(27-16-4-11(3)31-32-16)28-21(29-17)30-18-13-5-12-6-14(18)19(22(34,8-12)9-13)36-20(33)23(24,25)26/h4,7,10,12-14,18-19,34H,5-6,8-9H2,1-3H3,(H3,27,28,29,30,31,32). The number of hydrogen-bond acceptors (Lipinski definition) is 9. The molecule has 4 aliphatic carbocycles. The number of nitrogens with one attached hydrogen (secondary N) is 3. The van der Waals surface area contributed by atoms with Gasteiger partial charge in [0.05, 0.1) is 6.10 Å². The molecule has 4 bridgehead atoms. The van der Waals surface area contributed by atoms with Crippen LogP contribution in [0.25, 0.3) is 0 Å². The molecule has 2 aromatic heterocycles. The van der Waals surface area contributed by atoms with Gasteiger partial charge in [-0.2, -0.15) is 28.2 Å². The molecule has 4 fully saturated rings. The number of carbonyl (C=O) groups is 1. The number of esters is 1. The van der Waals surface area contributed by atoms with Crippen LogP contribution in [-0.4, -0.2) is 61.3 Å². The molecule has 10 nitrogen and oxygen atoms in total. The third kappa shape index (κ3) is 4.80. The van der Waals surface area contributed by atoms with Gasteiger partial charge in [0.15, 0.2) is 5.82 Å². The van der Waals surface area contributed by atoms with Crippen molar-refractivity contribution in [3.63, 3.8) is 0 Å². The molecule has 0 amide bonds. The Kier molecular flexibility index (Phi) is 6.00. The van der Waals surface area contributed by atoms with Crippen LogP contribution in [0.5, 0.6) is 5.88 Å². The van der Waals surface area contributed by atoms with E-state index in [9.17, 15) is 23.1 Å². The smallest absolute Gasteiger partial charge is 0.475 e. The molecule has 0 aliphatic heterocycles. The lowest BCUT2D eigenvalue weighted by atomic mass is 9.51. The van der Waals surface area contributed by atoms with E-state index >= 15 is 0 Å². The summed E-state index contributed by atoms with van der Waals surface area (Å²) >= 11 is 0. The normalized spacial score (nSPS) is 30.9. The highest BCUT2D eigenvalue weighted by Gasteiger charge is 2.63. The van der Waals surface area contributed by atoms with Gasteiger partial charge < -0.3 is 25.2 Å². The van der Waals surface area contributed by atoms with Gasteiger partial charge in [-0.25, -0.2) is 4.79 Å². The van der Waals surface area contributed by atoms with Crippen LogP contribution in [0.4, 0.5) is 30.8 Å². The van der Waals surface area contributed by atoms with E-state index < -0.39 is 29.8 Å². The third-order valence-electron chi connectivity index (χ3n) is 7.17. The van der Waals surface area contributed by atoms with Gasteiger partial charge in [-0.3, -0.25) is 5.10 Å². The second-order valence-corrected chi connectivity index (χ2v) is 10.4. The quantitative estimate of drug-likeness (QED) is 0.413. The number of aryl methyl sites for hydroxylation is 1. The summed E-state index contributed by atoms with van der Waals surface area (Å²) in [6, 6.07) is 3.04. The molecule has 6 unspecified atom stereocenters. The number of aliphatic hydroxyl groups is 1. The first-order chi connectivity index (χ1) is 16.9. The lowest BCUT2D eigenvalue weighted by Gasteiger charge is -2.61. The summed E-state index contributed by atoms with van der Waals surface area (Å²) in [6.07, 6.45) is -4.65. The number of alkyl halides is 3. The molecule has 6 rings (SSSR count). The number of rotatable bonds is 7. The van der Waals surface area contributed by atoms with Crippen molar-refractivity contribution in [2.45, 2.75) is 76.5 Å². The molecule has 0 aromatic carbocycles. The largest absolute Gasteiger partial charge is 0.490 e. The van der Waals surface area contributed by atoms with Crippen molar-refractivity contribution in [1.29, 1.82) is 0 Å². The Labute approximate surface area is 205 Å². The fraction of sp³-hybridized carbons (Fsp3) is 0.652. The summed E-state index contributed by atoms with van der Waals surface area (Å²) in [5.41, 5.74) is -0.613. The summed E-state index contributed by atoms with van der Waals surface area (Å²) < 4.78 is 49.6. The second kappa shape index (κ2) is 8.79. The van der Waals surface area contributed by atoms with Crippen molar-refractivity contribution < 1.29 is 32.5 Å². The van der Waals surface area contributed by atoms with Crippen LogP contribution in [0.2, 0.25) is 0 Å². The molecule has 6 atom stereocenters. The van der Waals surface area contributed by atoms with Crippen molar-refractivity contribution in [3.8, 4) is 5.88 Å². The zero-order valence-corrected chi connectivity index (χ0v) is 20.1. The minimum absolute atomic E-state index is 0.0305. The van der Waals surface area contributed by atoms with E-state index in [-0.39, 0.29) is 36.4 Å². The highest BCUT2D eigenvalue weighted by atomic mass is 19.4. The molecule has 0 saturated heterocycles. The van der Waals surface area contributed by atoms with Gasteiger partial charge in [0, 0.05) is 29.8 Å². The summed E-state index contributed by atoms with van der Waals surface area (Å²) in [5, 5.41) is 24.5. The summed E-state index contributed by atoms with van der Waals surface area (Å²) in [4.78, 5) is 20.7. The van der Waals surface area contributed by atoms with Crippen molar-refractivity contribution in [3.05, 3.63) is 17.8 Å². The van der Waals surface area contributed by atoms with Gasteiger partial charge in [0.1, 0.15) is 17.5 Å². The highest BCUT2D eigenvalue weighted by molar-refractivity contribution is 5.76. The molecule has 2 heterocycles. The molecule has 196 valence electrons. The fourth-order valence-electron chi connectivity index (χ4n) is 6.13. The molecule has 0 spiro atoms. The van der Waals surface area contributed by atoms with Crippen LogP contribution in [0.1, 0.15) is 45.2 Å². The maximum Gasteiger partial charge on any atom is 0.490 e.